The van der Waals surface area contributed by atoms with Crippen molar-refractivity contribution in [2.24, 2.45) is 0 Å². The largest absolute Gasteiger partial charge is 0.523 e. The van der Waals surface area contributed by atoms with E-state index in [4.69, 9.17) is 14.2 Å². The minimum Gasteiger partial charge on any atom is -0.371 e. The van der Waals surface area contributed by atoms with E-state index in [-0.39, 0.29) is 26.2 Å². The zero-order chi connectivity index (χ0) is 16.6. The summed E-state index contributed by atoms with van der Waals surface area (Å²) in [6, 6.07) is 0. The lowest BCUT2D eigenvalue weighted by Gasteiger charge is -2.38. The first-order valence-electron chi connectivity index (χ1n) is 6.21. The van der Waals surface area contributed by atoms with Crippen molar-refractivity contribution >= 4 is 10.1 Å². The third-order valence-corrected chi connectivity index (χ3v) is 4.27. The third kappa shape index (κ3) is 3.67. The molecule has 0 bridgehead atoms. The second-order valence-electron chi connectivity index (χ2n) is 4.84. The van der Waals surface area contributed by atoms with Crippen LogP contribution in [-0.4, -0.2) is 58.2 Å². The Bertz CT molecular complexity index is 498. The molecule has 0 saturated carbocycles. The van der Waals surface area contributed by atoms with E-state index in [9.17, 15) is 30.4 Å². The van der Waals surface area contributed by atoms with Gasteiger partial charge in [0, 0.05) is 12.8 Å². The molecule has 1 atom stereocenters. The summed E-state index contributed by atoms with van der Waals surface area (Å²) in [7, 11) is -6.10. The molecule has 2 aliphatic heterocycles. The van der Waals surface area contributed by atoms with Crippen molar-refractivity contribution in [1.29, 1.82) is 0 Å². The van der Waals surface area contributed by atoms with E-state index in [1.807, 2.05) is 0 Å². The fraction of sp³-hybridized carbons (Fsp3) is 1.00. The minimum absolute atomic E-state index is 0.160. The molecule has 2 heterocycles. The minimum atomic E-state index is -6.10. The van der Waals surface area contributed by atoms with Crippen LogP contribution in [0.3, 0.4) is 0 Å². The molecule has 12 heteroatoms. The average molecular weight is 356 g/mol. The van der Waals surface area contributed by atoms with Gasteiger partial charge in [-0.05, 0) is 0 Å². The van der Waals surface area contributed by atoms with Crippen LogP contribution in [0.15, 0.2) is 0 Å². The first-order valence-corrected chi connectivity index (χ1v) is 7.61. The number of halogens is 5. The van der Waals surface area contributed by atoms with Gasteiger partial charge in [0.2, 0.25) is 0 Å². The predicted octanol–water partition coefficient (Wildman–Crippen LogP) is 1.41. The Morgan fingerprint density at radius 2 is 1.68 bits per heavy atom. The maximum absolute atomic E-state index is 13.9. The molecular formula is C10H13F5O6S. The molecule has 0 aromatic rings. The van der Waals surface area contributed by atoms with Gasteiger partial charge < -0.3 is 14.2 Å². The molecule has 22 heavy (non-hydrogen) atoms. The highest BCUT2D eigenvalue weighted by molar-refractivity contribution is 7.87. The van der Waals surface area contributed by atoms with E-state index in [0.29, 0.717) is 0 Å². The van der Waals surface area contributed by atoms with Gasteiger partial charge in [-0.3, -0.25) is 4.18 Å². The summed E-state index contributed by atoms with van der Waals surface area (Å²) in [6.45, 7) is -1.73. The zero-order valence-corrected chi connectivity index (χ0v) is 11.9. The Hall–Kier alpha value is -0.560. The fourth-order valence-corrected chi connectivity index (χ4v) is 2.59. The number of rotatable bonds is 4. The van der Waals surface area contributed by atoms with Crippen molar-refractivity contribution in [2.75, 3.05) is 26.4 Å². The maximum atomic E-state index is 13.9. The lowest BCUT2D eigenvalue weighted by atomic mass is 9.98. The van der Waals surface area contributed by atoms with Crippen LogP contribution in [0, 0.1) is 0 Å². The summed E-state index contributed by atoms with van der Waals surface area (Å²) >= 11 is 0. The molecule has 6 nitrogen and oxygen atoms in total. The van der Waals surface area contributed by atoms with E-state index in [1.165, 1.54) is 0 Å². The average Bonchev–Trinajstić information content (AvgIpc) is 2.83. The highest BCUT2D eigenvalue weighted by Crippen LogP contribution is 2.39. The van der Waals surface area contributed by atoms with Crippen LogP contribution in [0.2, 0.25) is 0 Å². The first-order chi connectivity index (χ1) is 9.98. The van der Waals surface area contributed by atoms with Gasteiger partial charge >= 0.3 is 15.6 Å². The molecule has 2 saturated heterocycles. The van der Waals surface area contributed by atoms with Crippen LogP contribution >= 0.6 is 0 Å². The quantitative estimate of drug-likeness (QED) is 0.431. The van der Waals surface area contributed by atoms with Gasteiger partial charge in [0.15, 0.2) is 5.79 Å². The van der Waals surface area contributed by atoms with Crippen LogP contribution in [0.4, 0.5) is 22.0 Å². The Morgan fingerprint density at radius 1 is 1.09 bits per heavy atom. The molecule has 2 aliphatic rings. The molecule has 0 aliphatic carbocycles. The van der Waals surface area contributed by atoms with Crippen molar-refractivity contribution in [3.8, 4) is 0 Å². The van der Waals surface area contributed by atoms with Crippen LogP contribution in [0.25, 0.3) is 0 Å². The van der Waals surface area contributed by atoms with Gasteiger partial charge in [0.1, 0.15) is 12.7 Å². The molecule has 1 unspecified atom stereocenters. The second-order valence-corrected chi connectivity index (χ2v) is 6.45. The van der Waals surface area contributed by atoms with E-state index in [0.717, 1.165) is 0 Å². The van der Waals surface area contributed by atoms with Crippen molar-refractivity contribution in [3.05, 3.63) is 0 Å². The Morgan fingerprint density at radius 3 is 2.23 bits per heavy atom. The number of alkyl halides is 5. The summed E-state index contributed by atoms with van der Waals surface area (Å²) in [4.78, 5) is 0. The van der Waals surface area contributed by atoms with Crippen molar-refractivity contribution < 1.29 is 48.8 Å². The normalized spacial score (nSPS) is 26.5. The van der Waals surface area contributed by atoms with Gasteiger partial charge in [-0.2, -0.15) is 21.6 Å². The van der Waals surface area contributed by atoms with E-state index >= 15 is 0 Å². The molecule has 0 amide bonds. The predicted molar refractivity (Wildman–Crippen MR) is 59.5 cm³/mol. The number of ether oxygens (including phenoxy) is 3. The highest BCUT2D eigenvalue weighted by atomic mass is 32.2. The Labute approximate surface area is 122 Å². The second kappa shape index (κ2) is 5.82. The number of hydrogen-bond acceptors (Lipinski definition) is 6. The summed E-state index contributed by atoms with van der Waals surface area (Å²) in [6.07, 6.45) is -2.11. The van der Waals surface area contributed by atoms with Gasteiger partial charge in [0.05, 0.1) is 19.8 Å². The molecule has 130 valence electrons. The Kier molecular flexibility index (Phi) is 4.70. The summed E-state index contributed by atoms with van der Waals surface area (Å²) in [5.74, 6) is -5.23. The van der Waals surface area contributed by atoms with Crippen LogP contribution < -0.4 is 0 Å². The standard InChI is InChI=1S/C10H13F5O6S/c11-9(12,6-21-22(16,17)10(13,14)15)7-5-8(1-2-18-7)19-3-4-20-8/h7H,1-6H2. The summed E-state index contributed by atoms with van der Waals surface area (Å²) < 4.78 is 104. The van der Waals surface area contributed by atoms with E-state index in [2.05, 4.69) is 4.18 Å². The van der Waals surface area contributed by atoms with Gasteiger partial charge in [-0.1, -0.05) is 0 Å². The van der Waals surface area contributed by atoms with Gasteiger partial charge in [0.25, 0.3) is 5.92 Å². The van der Waals surface area contributed by atoms with Crippen LogP contribution in [0.1, 0.15) is 12.8 Å². The van der Waals surface area contributed by atoms with Crippen molar-refractivity contribution in [3.63, 3.8) is 0 Å². The summed E-state index contributed by atoms with van der Waals surface area (Å²) in [5.41, 5.74) is -5.77. The van der Waals surface area contributed by atoms with Crippen LogP contribution in [-0.2, 0) is 28.5 Å². The maximum Gasteiger partial charge on any atom is 0.523 e. The van der Waals surface area contributed by atoms with E-state index in [1.54, 1.807) is 0 Å². The first kappa shape index (κ1) is 17.8. The van der Waals surface area contributed by atoms with E-state index < -0.39 is 46.5 Å². The number of hydrogen-bond donors (Lipinski definition) is 0. The van der Waals surface area contributed by atoms with Crippen LogP contribution in [0.5, 0.6) is 0 Å². The SMILES string of the molecule is O=S(=O)(OCC(F)(F)C1CC2(CCO1)OCCO2)C(F)(F)F. The molecule has 1 spiro atoms. The van der Waals surface area contributed by atoms with Gasteiger partial charge in [-0.15, -0.1) is 0 Å². The molecule has 0 aromatic heterocycles. The zero-order valence-electron chi connectivity index (χ0n) is 11.1. The monoisotopic (exact) mass is 356 g/mol. The lowest BCUT2D eigenvalue weighted by Crippen LogP contribution is -2.51. The van der Waals surface area contributed by atoms with Crippen molar-refractivity contribution in [1.82, 2.24) is 0 Å². The molecule has 0 N–H and O–H groups in total. The molecule has 0 aromatic carbocycles. The highest BCUT2D eigenvalue weighted by Gasteiger charge is 2.54. The smallest absolute Gasteiger partial charge is 0.371 e. The topological polar surface area (TPSA) is 71.1 Å². The molecule has 0 radical (unpaired) electrons. The van der Waals surface area contributed by atoms with Crippen molar-refractivity contribution in [2.45, 2.75) is 36.2 Å². The molecule has 2 fully saturated rings. The molecule has 2 rings (SSSR count). The molecular weight excluding hydrogens is 343 g/mol. The fourth-order valence-electron chi connectivity index (χ4n) is 2.15. The Balaban J connectivity index is 2.01. The summed E-state index contributed by atoms with van der Waals surface area (Å²) in [5, 5.41) is 0. The van der Waals surface area contributed by atoms with Gasteiger partial charge in [-0.25, -0.2) is 8.78 Å². The lowest BCUT2D eigenvalue weighted by molar-refractivity contribution is -0.261. The third-order valence-electron chi connectivity index (χ3n) is 3.27.